The van der Waals surface area contributed by atoms with Gasteiger partial charge in [0.05, 0.1) is 5.56 Å². The number of likely N-dealkylation sites (tertiary alicyclic amines) is 1. The number of amides is 1. The second-order valence-corrected chi connectivity index (χ2v) is 5.71. The molecule has 0 radical (unpaired) electrons. The van der Waals surface area contributed by atoms with Crippen LogP contribution in [-0.4, -0.2) is 40.2 Å². The minimum Gasteiger partial charge on any atom is -0.508 e. The quantitative estimate of drug-likeness (QED) is 0.769. The van der Waals surface area contributed by atoms with E-state index < -0.39 is 0 Å². The van der Waals surface area contributed by atoms with Crippen molar-refractivity contribution >= 4 is 5.91 Å². The van der Waals surface area contributed by atoms with Gasteiger partial charge in [0.2, 0.25) is 0 Å². The van der Waals surface area contributed by atoms with Crippen molar-refractivity contribution < 1.29 is 15.0 Å². The molecule has 0 aromatic heterocycles. The van der Waals surface area contributed by atoms with E-state index in [4.69, 9.17) is 5.73 Å². The van der Waals surface area contributed by atoms with Crippen LogP contribution in [0.3, 0.4) is 0 Å². The van der Waals surface area contributed by atoms with E-state index in [1.165, 1.54) is 6.07 Å². The number of phenols is 2. The smallest absolute Gasteiger partial charge is 0.257 e. The van der Waals surface area contributed by atoms with Gasteiger partial charge >= 0.3 is 0 Å². The Labute approximate surface area is 119 Å². The van der Waals surface area contributed by atoms with Gasteiger partial charge in [0.25, 0.3) is 5.91 Å². The molecule has 0 spiro atoms. The van der Waals surface area contributed by atoms with Crippen molar-refractivity contribution in [2.24, 2.45) is 5.73 Å². The van der Waals surface area contributed by atoms with Gasteiger partial charge in [0.15, 0.2) is 0 Å². The third-order valence-electron chi connectivity index (χ3n) is 3.82. The molecule has 1 aromatic carbocycles. The predicted octanol–water partition coefficient (Wildman–Crippen LogP) is 1.78. The minimum atomic E-state index is -0.198. The molecular formula is C15H22N2O3. The zero-order chi connectivity index (χ0) is 14.9. The highest BCUT2D eigenvalue weighted by molar-refractivity contribution is 5.97. The van der Waals surface area contributed by atoms with Gasteiger partial charge in [-0.2, -0.15) is 0 Å². The first-order valence-corrected chi connectivity index (χ1v) is 7.01. The van der Waals surface area contributed by atoms with Crippen molar-refractivity contribution in [3.05, 3.63) is 23.3 Å². The fourth-order valence-electron chi connectivity index (χ4n) is 2.50. The van der Waals surface area contributed by atoms with Crippen LogP contribution in [0.4, 0.5) is 0 Å². The largest absolute Gasteiger partial charge is 0.508 e. The lowest BCUT2D eigenvalue weighted by Gasteiger charge is -2.30. The van der Waals surface area contributed by atoms with Crippen LogP contribution in [-0.2, 0) is 0 Å². The summed E-state index contributed by atoms with van der Waals surface area (Å²) in [6, 6.07) is 2.99. The first-order chi connectivity index (χ1) is 9.40. The van der Waals surface area contributed by atoms with Crippen LogP contribution in [0.25, 0.3) is 0 Å². The minimum absolute atomic E-state index is 0.0229. The number of hydrogen-bond donors (Lipinski definition) is 3. The summed E-state index contributed by atoms with van der Waals surface area (Å²) < 4.78 is 0. The van der Waals surface area contributed by atoms with Crippen molar-refractivity contribution in [1.82, 2.24) is 4.90 Å². The molecule has 5 nitrogen and oxygen atoms in total. The first-order valence-electron chi connectivity index (χ1n) is 7.01. The number of rotatable bonds is 2. The summed E-state index contributed by atoms with van der Waals surface area (Å²) in [6.45, 7) is 5.08. The Morgan fingerprint density at radius 1 is 1.25 bits per heavy atom. The summed E-state index contributed by atoms with van der Waals surface area (Å²) in [5.74, 6) is -0.269. The van der Waals surface area contributed by atoms with E-state index in [9.17, 15) is 15.0 Å². The molecule has 0 aliphatic carbocycles. The van der Waals surface area contributed by atoms with Crippen LogP contribution in [0.15, 0.2) is 12.1 Å². The molecule has 1 amide bonds. The van der Waals surface area contributed by atoms with Gasteiger partial charge in [-0.3, -0.25) is 4.79 Å². The summed E-state index contributed by atoms with van der Waals surface area (Å²) in [5, 5.41) is 19.7. The van der Waals surface area contributed by atoms with Crippen LogP contribution in [0, 0.1) is 0 Å². The van der Waals surface area contributed by atoms with Gasteiger partial charge in [-0.25, -0.2) is 0 Å². The average molecular weight is 278 g/mol. The molecule has 1 heterocycles. The van der Waals surface area contributed by atoms with Gasteiger partial charge in [0.1, 0.15) is 11.5 Å². The average Bonchev–Trinajstić information content (AvgIpc) is 2.38. The second kappa shape index (κ2) is 5.71. The lowest BCUT2D eigenvalue weighted by Crippen LogP contribution is -2.42. The van der Waals surface area contributed by atoms with Gasteiger partial charge in [-0.15, -0.1) is 0 Å². The van der Waals surface area contributed by atoms with Crippen LogP contribution >= 0.6 is 0 Å². The number of benzene rings is 1. The lowest BCUT2D eigenvalue weighted by atomic mass is 9.97. The van der Waals surface area contributed by atoms with E-state index in [-0.39, 0.29) is 34.9 Å². The first kappa shape index (κ1) is 14.7. The molecule has 1 aromatic rings. The van der Waals surface area contributed by atoms with Crippen molar-refractivity contribution in [3.8, 4) is 11.5 Å². The van der Waals surface area contributed by atoms with E-state index >= 15 is 0 Å². The molecule has 1 aliphatic heterocycles. The molecular weight excluding hydrogens is 256 g/mol. The zero-order valence-electron chi connectivity index (χ0n) is 12.0. The van der Waals surface area contributed by atoms with E-state index in [1.807, 2.05) is 13.8 Å². The predicted molar refractivity (Wildman–Crippen MR) is 77.0 cm³/mol. The number of phenolic OH excluding ortho intramolecular Hbond substituents is 2. The van der Waals surface area contributed by atoms with E-state index in [0.29, 0.717) is 18.7 Å². The van der Waals surface area contributed by atoms with Crippen molar-refractivity contribution in [2.75, 3.05) is 13.1 Å². The highest BCUT2D eigenvalue weighted by Crippen LogP contribution is 2.33. The summed E-state index contributed by atoms with van der Waals surface area (Å²) in [7, 11) is 0. The molecule has 5 heteroatoms. The Kier molecular flexibility index (Phi) is 4.18. The third-order valence-corrected chi connectivity index (χ3v) is 3.82. The van der Waals surface area contributed by atoms with Crippen LogP contribution in [0.5, 0.6) is 11.5 Å². The van der Waals surface area contributed by atoms with Gasteiger partial charge < -0.3 is 20.8 Å². The van der Waals surface area contributed by atoms with Crippen LogP contribution < -0.4 is 5.73 Å². The standard InChI is InChI=1S/C15H22N2O3/c1-9(2)11-7-12(14(19)8-13(11)18)15(20)17-5-3-10(16)4-6-17/h7-10,18-19H,3-6,16H2,1-2H3. The van der Waals surface area contributed by atoms with Crippen LogP contribution in [0.2, 0.25) is 0 Å². The maximum Gasteiger partial charge on any atom is 0.257 e. The molecule has 0 saturated carbocycles. The second-order valence-electron chi connectivity index (χ2n) is 5.71. The molecule has 0 unspecified atom stereocenters. The summed E-state index contributed by atoms with van der Waals surface area (Å²) in [5.41, 5.74) is 6.75. The van der Waals surface area contributed by atoms with Crippen LogP contribution in [0.1, 0.15) is 48.5 Å². The van der Waals surface area contributed by atoms with E-state index in [0.717, 1.165) is 12.8 Å². The number of nitrogens with two attached hydrogens (primary N) is 1. The number of carbonyl (C=O) groups is 1. The number of piperidine rings is 1. The maximum absolute atomic E-state index is 12.5. The monoisotopic (exact) mass is 278 g/mol. The molecule has 4 N–H and O–H groups in total. The maximum atomic E-state index is 12.5. The zero-order valence-corrected chi connectivity index (χ0v) is 12.0. The molecule has 2 rings (SSSR count). The van der Waals surface area contributed by atoms with Gasteiger partial charge in [-0.05, 0) is 30.4 Å². The van der Waals surface area contributed by atoms with Crippen molar-refractivity contribution in [2.45, 2.75) is 38.6 Å². The van der Waals surface area contributed by atoms with E-state index in [1.54, 1.807) is 11.0 Å². The Bertz CT molecular complexity index is 506. The summed E-state index contributed by atoms with van der Waals surface area (Å²) in [4.78, 5) is 14.2. The number of carbonyl (C=O) groups excluding carboxylic acids is 1. The highest BCUT2D eigenvalue weighted by Gasteiger charge is 2.25. The number of aromatic hydroxyl groups is 2. The van der Waals surface area contributed by atoms with E-state index in [2.05, 4.69) is 0 Å². The molecule has 1 fully saturated rings. The molecule has 1 aliphatic rings. The SMILES string of the molecule is CC(C)c1cc(C(=O)N2CCC(N)CC2)c(O)cc1O. The Hall–Kier alpha value is -1.75. The van der Waals surface area contributed by atoms with Crippen molar-refractivity contribution in [1.29, 1.82) is 0 Å². The van der Waals surface area contributed by atoms with Gasteiger partial charge in [0, 0.05) is 25.2 Å². The molecule has 110 valence electrons. The Morgan fingerprint density at radius 3 is 2.40 bits per heavy atom. The number of hydrogen-bond acceptors (Lipinski definition) is 4. The number of nitrogens with zero attached hydrogens (tertiary/aromatic N) is 1. The normalized spacial score (nSPS) is 16.7. The van der Waals surface area contributed by atoms with Gasteiger partial charge in [-0.1, -0.05) is 13.8 Å². The highest BCUT2D eigenvalue weighted by atomic mass is 16.3. The van der Waals surface area contributed by atoms with Crippen molar-refractivity contribution in [3.63, 3.8) is 0 Å². The molecule has 0 atom stereocenters. The fraction of sp³-hybridized carbons (Fsp3) is 0.533. The fourth-order valence-corrected chi connectivity index (χ4v) is 2.50. The summed E-state index contributed by atoms with van der Waals surface area (Å²) in [6.07, 6.45) is 1.56. The Balaban J connectivity index is 2.27. The summed E-state index contributed by atoms with van der Waals surface area (Å²) >= 11 is 0. The molecule has 20 heavy (non-hydrogen) atoms. The third kappa shape index (κ3) is 2.88. The lowest BCUT2D eigenvalue weighted by molar-refractivity contribution is 0.0711. The topological polar surface area (TPSA) is 86.8 Å². The Morgan fingerprint density at radius 2 is 1.85 bits per heavy atom. The molecule has 1 saturated heterocycles. The molecule has 0 bridgehead atoms.